The first-order valence-electron chi connectivity index (χ1n) is 5.91. The minimum absolute atomic E-state index is 0.180. The van der Waals surface area contributed by atoms with Crippen LogP contribution in [-0.4, -0.2) is 21.8 Å². The third kappa shape index (κ3) is 1.82. The van der Waals surface area contributed by atoms with Crippen molar-refractivity contribution in [1.29, 1.82) is 0 Å². The first kappa shape index (κ1) is 11.9. The molecular formula is C15H12O4. The van der Waals surface area contributed by atoms with Crippen LogP contribution < -0.4 is 4.74 Å². The molecule has 3 rings (SSSR count). The van der Waals surface area contributed by atoms with Gasteiger partial charge in [0.15, 0.2) is 6.10 Å². The third-order valence-electron chi connectivity index (χ3n) is 3.18. The Bertz CT molecular complexity index is 619. The van der Waals surface area contributed by atoms with E-state index < -0.39 is 17.7 Å². The number of aliphatic hydroxyl groups is 2. The molecule has 0 bridgehead atoms. The van der Waals surface area contributed by atoms with Crippen LogP contribution in [0, 0.1) is 0 Å². The zero-order valence-corrected chi connectivity index (χ0v) is 9.98. The maximum absolute atomic E-state index is 12.1. The number of hydrogen-bond acceptors (Lipinski definition) is 4. The molecule has 0 aliphatic carbocycles. The molecule has 0 amide bonds. The van der Waals surface area contributed by atoms with E-state index in [1.165, 1.54) is 6.07 Å². The summed E-state index contributed by atoms with van der Waals surface area (Å²) < 4.78 is 5.58. The molecule has 1 heterocycles. The van der Waals surface area contributed by atoms with Crippen LogP contribution in [-0.2, 0) is 0 Å². The van der Waals surface area contributed by atoms with Gasteiger partial charge in [-0.2, -0.15) is 0 Å². The van der Waals surface area contributed by atoms with Crippen molar-refractivity contribution in [2.45, 2.75) is 11.9 Å². The van der Waals surface area contributed by atoms with Gasteiger partial charge in [0.25, 0.3) is 5.79 Å². The molecule has 1 unspecified atom stereocenters. The molecule has 2 aromatic carbocycles. The molecule has 0 fully saturated rings. The minimum Gasteiger partial charge on any atom is -0.479 e. The predicted octanol–water partition coefficient (Wildman–Crippen LogP) is 1.68. The van der Waals surface area contributed by atoms with Crippen LogP contribution in [0.15, 0.2) is 54.6 Å². The Morgan fingerprint density at radius 1 is 0.947 bits per heavy atom. The highest BCUT2D eigenvalue weighted by atomic mass is 16.6. The van der Waals surface area contributed by atoms with Gasteiger partial charge in [-0.15, -0.1) is 0 Å². The number of hydrogen-bond donors (Lipinski definition) is 2. The van der Waals surface area contributed by atoms with Gasteiger partial charge in [-0.1, -0.05) is 42.5 Å². The van der Waals surface area contributed by atoms with E-state index in [0.717, 1.165) is 0 Å². The van der Waals surface area contributed by atoms with E-state index in [1.54, 1.807) is 48.5 Å². The number of rotatable bonds is 1. The van der Waals surface area contributed by atoms with Gasteiger partial charge in [-0.3, -0.25) is 4.79 Å². The maximum Gasteiger partial charge on any atom is 0.271 e. The number of para-hydroxylation sites is 1. The van der Waals surface area contributed by atoms with Crippen molar-refractivity contribution in [2.24, 2.45) is 0 Å². The summed E-state index contributed by atoms with van der Waals surface area (Å²) >= 11 is 0. The molecule has 1 aliphatic rings. The summed E-state index contributed by atoms with van der Waals surface area (Å²) in [4.78, 5) is 12.1. The molecule has 1 atom stereocenters. The molecule has 0 spiro atoms. The van der Waals surface area contributed by atoms with Crippen molar-refractivity contribution in [3.8, 4) is 5.75 Å². The molecule has 0 saturated heterocycles. The lowest BCUT2D eigenvalue weighted by Crippen LogP contribution is -2.49. The second kappa shape index (κ2) is 4.19. The standard InChI is InChI=1S/C15H12O4/c16-13-11-8-4-5-9-12(11)19-14(15(13,17)18)10-6-2-1-3-7-10/h1-9,14,17-18H. The SMILES string of the molecule is O=C1c2ccccc2OC(c2ccccc2)C1(O)O. The van der Waals surface area contributed by atoms with E-state index in [1.807, 2.05) is 0 Å². The van der Waals surface area contributed by atoms with Gasteiger partial charge in [0, 0.05) is 0 Å². The molecule has 0 aromatic heterocycles. The van der Waals surface area contributed by atoms with E-state index in [4.69, 9.17) is 4.74 Å². The Balaban J connectivity index is 2.11. The van der Waals surface area contributed by atoms with Gasteiger partial charge in [0.1, 0.15) is 5.75 Å². The summed E-state index contributed by atoms with van der Waals surface area (Å²) in [6.07, 6.45) is -1.13. The smallest absolute Gasteiger partial charge is 0.271 e. The Labute approximate surface area is 109 Å². The summed E-state index contributed by atoms with van der Waals surface area (Å²) in [7, 11) is 0. The topological polar surface area (TPSA) is 66.8 Å². The fraction of sp³-hybridized carbons (Fsp3) is 0.133. The Morgan fingerprint density at radius 2 is 1.58 bits per heavy atom. The van der Waals surface area contributed by atoms with Gasteiger partial charge in [0.05, 0.1) is 5.56 Å². The molecule has 1 aliphatic heterocycles. The normalized spacial score (nSPS) is 20.5. The number of carbonyl (C=O) groups is 1. The van der Waals surface area contributed by atoms with Crippen LogP contribution in [0.25, 0.3) is 0 Å². The number of ketones is 1. The lowest BCUT2D eigenvalue weighted by Gasteiger charge is -2.35. The van der Waals surface area contributed by atoms with Crippen molar-refractivity contribution in [3.63, 3.8) is 0 Å². The van der Waals surface area contributed by atoms with Crippen molar-refractivity contribution in [1.82, 2.24) is 0 Å². The number of ether oxygens (including phenoxy) is 1. The average Bonchev–Trinajstić information content (AvgIpc) is 2.44. The second-order valence-electron chi connectivity index (χ2n) is 4.46. The zero-order valence-electron chi connectivity index (χ0n) is 9.98. The van der Waals surface area contributed by atoms with Crippen molar-refractivity contribution in [3.05, 3.63) is 65.7 Å². The van der Waals surface area contributed by atoms with Crippen LogP contribution in [0.4, 0.5) is 0 Å². The van der Waals surface area contributed by atoms with E-state index in [0.29, 0.717) is 11.3 Å². The second-order valence-corrected chi connectivity index (χ2v) is 4.46. The molecule has 4 nitrogen and oxygen atoms in total. The third-order valence-corrected chi connectivity index (χ3v) is 3.18. The van der Waals surface area contributed by atoms with Gasteiger partial charge >= 0.3 is 0 Å². The summed E-state index contributed by atoms with van der Waals surface area (Å²) in [5.41, 5.74) is 0.718. The summed E-state index contributed by atoms with van der Waals surface area (Å²) in [5.74, 6) is -2.95. The summed E-state index contributed by atoms with van der Waals surface area (Å²) in [6.45, 7) is 0. The van der Waals surface area contributed by atoms with Crippen molar-refractivity contribution >= 4 is 5.78 Å². The Kier molecular flexibility index (Phi) is 2.62. The number of benzene rings is 2. The molecule has 4 heteroatoms. The maximum atomic E-state index is 12.1. The molecule has 2 N–H and O–H groups in total. The molecular weight excluding hydrogens is 244 g/mol. The number of carbonyl (C=O) groups excluding carboxylic acids is 1. The minimum atomic E-state index is -2.56. The average molecular weight is 256 g/mol. The van der Waals surface area contributed by atoms with Gasteiger partial charge < -0.3 is 14.9 Å². The number of fused-ring (bicyclic) bond motifs is 1. The van der Waals surface area contributed by atoms with Crippen LogP contribution in [0.5, 0.6) is 5.75 Å². The molecule has 96 valence electrons. The predicted molar refractivity (Wildman–Crippen MR) is 67.8 cm³/mol. The van der Waals surface area contributed by atoms with Crippen LogP contribution in [0.1, 0.15) is 22.0 Å². The number of Topliss-reactive ketones (excluding diaryl/α,β-unsaturated/α-hetero) is 1. The van der Waals surface area contributed by atoms with Gasteiger partial charge in [-0.25, -0.2) is 0 Å². The van der Waals surface area contributed by atoms with Crippen LogP contribution in [0.2, 0.25) is 0 Å². The zero-order chi connectivity index (χ0) is 13.5. The first-order chi connectivity index (χ1) is 9.10. The first-order valence-corrected chi connectivity index (χ1v) is 5.91. The summed E-state index contributed by atoms with van der Waals surface area (Å²) in [5, 5.41) is 20.2. The highest BCUT2D eigenvalue weighted by Gasteiger charge is 2.49. The Morgan fingerprint density at radius 3 is 2.32 bits per heavy atom. The Hall–Kier alpha value is -2.17. The molecule has 19 heavy (non-hydrogen) atoms. The fourth-order valence-corrected chi connectivity index (χ4v) is 2.21. The molecule has 0 radical (unpaired) electrons. The van der Waals surface area contributed by atoms with E-state index in [2.05, 4.69) is 0 Å². The van der Waals surface area contributed by atoms with Crippen molar-refractivity contribution < 1.29 is 19.7 Å². The molecule has 2 aromatic rings. The monoisotopic (exact) mass is 256 g/mol. The highest BCUT2D eigenvalue weighted by molar-refractivity contribution is 6.04. The fourth-order valence-electron chi connectivity index (χ4n) is 2.21. The lowest BCUT2D eigenvalue weighted by atomic mass is 9.90. The van der Waals surface area contributed by atoms with Crippen LogP contribution >= 0.6 is 0 Å². The van der Waals surface area contributed by atoms with Crippen LogP contribution in [0.3, 0.4) is 0 Å². The highest BCUT2D eigenvalue weighted by Crippen LogP contribution is 2.39. The van der Waals surface area contributed by atoms with Gasteiger partial charge in [0.2, 0.25) is 5.78 Å². The van der Waals surface area contributed by atoms with Gasteiger partial charge in [-0.05, 0) is 17.7 Å². The quantitative estimate of drug-likeness (QED) is 0.762. The van der Waals surface area contributed by atoms with Crippen molar-refractivity contribution in [2.75, 3.05) is 0 Å². The van der Waals surface area contributed by atoms with E-state index in [9.17, 15) is 15.0 Å². The summed E-state index contributed by atoms with van der Waals surface area (Å²) in [6, 6.07) is 15.2. The van der Waals surface area contributed by atoms with E-state index in [-0.39, 0.29) is 5.56 Å². The van der Waals surface area contributed by atoms with E-state index >= 15 is 0 Å². The lowest BCUT2D eigenvalue weighted by molar-refractivity contribution is -0.186. The largest absolute Gasteiger partial charge is 0.479 e. The molecule has 0 saturated carbocycles.